The van der Waals surface area contributed by atoms with Crippen LogP contribution in [0.15, 0.2) is 79.0 Å². The smallest absolute Gasteiger partial charge is 0.150 e. The van der Waals surface area contributed by atoms with Crippen molar-refractivity contribution in [2.75, 3.05) is 5.73 Å². The predicted octanol–water partition coefficient (Wildman–Crippen LogP) is 6.35. The number of fused-ring (bicyclic) bond motifs is 3. The third-order valence-electron chi connectivity index (χ3n) is 6.12. The van der Waals surface area contributed by atoms with E-state index in [0.717, 1.165) is 40.4 Å². The topological polar surface area (TPSA) is 61.0 Å². The van der Waals surface area contributed by atoms with E-state index in [1.54, 1.807) is 0 Å². The fourth-order valence-electron chi connectivity index (χ4n) is 4.26. The second kappa shape index (κ2) is 8.91. The van der Waals surface area contributed by atoms with E-state index in [4.69, 9.17) is 10.5 Å². The van der Waals surface area contributed by atoms with Crippen LogP contribution >= 0.6 is 0 Å². The van der Waals surface area contributed by atoms with E-state index < -0.39 is 0 Å². The van der Waals surface area contributed by atoms with Gasteiger partial charge in [-0.2, -0.15) is 0 Å². The van der Waals surface area contributed by atoms with Crippen LogP contribution in [0.3, 0.4) is 0 Å². The lowest BCUT2D eigenvalue weighted by atomic mass is 9.99. The van der Waals surface area contributed by atoms with Crippen molar-refractivity contribution in [1.82, 2.24) is 9.97 Å². The van der Waals surface area contributed by atoms with Gasteiger partial charge in [0.2, 0.25) is 0 Å². The Morgan fingerprint density at radius 1 is 0.818 bits per heavy atom. The quantitative estimate of drug-likeness (QED) is 0.317. The molecule has 2 aromatic heterocycles. The molecule has 33 heavy (non-hydrogen) atoms. The summed E-state index contributed by atoms with van der Waals surface area (Å²) in [5.74, 6) is 1.38. The number of nitrogens with zero attached hydrogens (tertiary/aromatic N) is 2. The van der Waals surface area contributed by atoms with Crippen LogP contribution in [-0.2, 0) is 19.4 Å². The number of rotatable bonds is 6. The van der Waals surface area contributed by atoms with Crippen molar-refractivity contribution in [2.45, 2.75) is 33.3 Å². The molecule has 164 valence electrons. The van der Waals surface area contributed by atoms with Gasteiger partial charge in [0.05, 0.1) is 5.52 Å². The highest BCUT2D eigenvalue weighted by Crippen LogP contribution is 2.28. The summed E-state index contributed by atoms with van der Waals surface area (Å²) < 4.78 is 5.97. The molecule has 2 heterocycles. The molecule has 0 aliphatic rings. The number of aromatic nitrogens is 2. The van der Waals surface area contributed by atoms with Crippen molar-refractivity contribution in [3.8, 4) is 5.75 Å². The molecule has 0 bridgehead atoms. The van der Waals surface area contributed by atoms with E-state index in [2.05, 4.69) is 78.4 Å². The molecule has 4 heteroatoms. The van der Waals surface area contributed by atoms with E-state index in [1.165, 1.54) is 27.8 Å². The predicted molar refractivity (Wildman–Crippen MR) is 136 cm³/mol. The minimum Gasteiger partial charge on any atom is -0.489 e. The number of hydrogen-bond acceptors (Lipinski definition) is 4. The van der Waals surface area contributed by atoms with Crippen molar-refractivity contribution in [1.29, 1.82) is 0 Å². The van der Waals surface area contributed by atoms with Crippen LogP contribution in [0.5, 0.6) is 5.75 Å². The molecule has 0 spiro atoms. The van der Waals surface area contributed by atoms with Gasteiger partial charge in [-0.3, -0.25) is 4.98 Å². The van der Waals surface area contributed by atoms with Crippen molar-refractivity contribution < 1.29 is 4.74 Å². The zero-order valence-electron chi connectivity index (χ0n) is 19.0. The summed E-state index contributed by atoms with van der Waals surface area (Å²) in [6.07, 6.45) is 3.77. The van der Waals surface area contributed by atoms with E-state index in [9.17, 15) is 0 Å². The number of hydrogen-bond donors (Lipinski definition) is 1. The summed E-state index contributed by atoms with van der Waals surface area (Å²) in [7, 11) is 0. The number of nitrogens with two attached hydrogens (primary N) is 1. The second-order valence-electron chi connectivity index (χ2n) is 8.62. The average molecular weight is 434 g/mol. The van der Waals surface area contributed by atoms with Gasteiger partial charge >= 0.3 is 0 Å². The highest BCUT2D eigenvalue weighted by atomic mass is 16.5. The van der Waals surface area contributed by atoms with Crippen LogP contribution in [0.1, 0.15) is 27.8 Å². The molecule has 0 aliphatic carbocycles. The maximum absolute atomic E-state index is 6.20. The first kappa shape index (κ1) is 21.0. The molecule has 4 nitrogen and oxygen atoms in total. The monoisotopic (exact) mass is 433 g/mol. The maximum atomic E-state index is 6.20. The van der Waals surface area contributed by atoms with Gasteiger partial charge in [-0.25, -0.2) is 4.98 Å². The summed E-state index contributed by atoms with van der Waals surface area (Å²) in [6.45, 7) is 4.79. The third-order valence-corrected chi connectivity index (χ3v) is 6.12. The van der Waals surface area contributed by atoms with Gasteiger partial charge < -0.3 is 10.5 Å². The van der Waals surface area contributed by atoms with Gasteiger partial charge in [-0.1, -0.05) is 48.5 Å². The van der Waals surface area contributed by atoms with E-state index in [-0.39, 0.29) is 0 Å². The van der Waals surface area contributed by atoms with Crippen LogP contribution < -0.4 is 10.5 Å². The molecule has 0 atom stereocenters. The first-order valence-electron chi connectivity index (χ1n) is 11.3. The molecule has 2 N–H and O–H groups in total. The molecule has 0 amide bonds. The summed E-state index contributed by atoms with van der Waals surface area (Å²) in [5, 5.41) is 2.16. The average Bonchev–Trinajstić information content (AvgIpc) is 2.82. The summed E-state index contributed by atoms with van der Waals surface area (Å²) in [4.78, 5) is 9.19. The lowest BCUT2D eigenvalue weighted by Crippen LogP contribution is -2.00. The number of benzene rings is 3. The highest BCUT2D eigenvalue weighted by Gasteiger charge is 2.10. The standard InChI is InChI=1S/C29H27N3O/c1-19-8-13-25-26-16-22(17-31-28(26)29(30)32-27(25)14-19)9-10-23-11-12-24(15-20(23)2)33-18-21-6-4-3-5-7-21/h3-8,11-17H,9-10,18H2,1-2H3,(H2,30,32). The van der Waals surface area contributed by atoms with Crippen molar-refractivity contribution >= 4 is 27.6 Å². The minimum absolute atomic E-state index is 0.483. The minimum atomic E-state index is 0.483. The van der Waals surface area contributed by atoms with Gasteiger partial charge in [-0.05, 0) is 78.8 Å². The molecule has 3 aromatic carbocycles. The molecule has 0 saturated heterocycles. The molecular weight excluding hydrogens is 406 g/mol. The van der Waals surface area contributed by atoms with Gasteiger partial charge in [0, 0.05) is 17.0 Å². The largest absolute Gasteiger partial charge is 0.489 e. The van der Waals surface area contributed by atoms with Gasteiger partial charge in [0.25, 0.3) is 0 Å². The molecule has 5 aromatic rings. The van der Waals surface area contributed by atoms with Crippen LogP contribution in [0.2, 0.25) is 0 Å². The SMILES string of the molecule is Cc1ccc2c(c1)nc(N)c1ncc(CCc3ccc(OCc4ccccc4)cc3C)cc12. The van der Waals surface area contributed by atoms with Crippen molar-refractivity contribution in [2.24, 2.45) is 0 Å². The Bertz CT molecular complexity index is 1440. The van der Waals surface area contributed by atoms with E-state index >= 15 is 0 Å². The van der Waals surface area contributed by atoms with E-state index in [0.29, 0.717) is 12.4 Å². The molecule has 0 aliphatic heterocycles. The van der Waals surface area contributed by atoms with Gasteiger partial charge in [0.1, 0.15) is 17.9 Å². The Morgan fingerprint density at radius 2 is 1.67 bits per heavy atom. The van der Waals surface area contributed by atoms with Crippen molar-refractivity contribution in [3.05, 3.63) is 107 Å². The van der Waals surface area contributed by atoms with Crippen LogP contribution in [-0.4, -0.2) is 9.97 Å². The Hall–Kier alpha value is -3.92. The Kier molecular flexibility index (Phi) is 5.66. The van der Waals surface area contributed by atoms with E-state index in [1.807, 2.05) is 24.4 Å². The molecule has 5 rings (SSSR count). The van der Waals surface area contributed by atoms with Gasteiger partial charge in [0.15, 0.2) is 5.82 Å². The molecule has 0 radical (unpaired) electrons. The zero-order valence-corrected chi connectivity index (χ0v) is 19.0. The van der Waals surface area contributed by atoms with Gasteiger partial charge in [-0.15, -0.1) is 0 Å². The third kappa shape index (κ3) is 4.51. The molecule has 0 saturated carbocycles. The van der Waals surface area contributed by atoms with Crippen LogP contribution in [0.25, 0.3) is 21.8 Å². The lowest BCUT2D eigenvalue weighted by molar-refractivity contribution is 0.306. The first-order valence-corrected chi connectivity index (χ1v) is 11.3. The lowest BCUT2D eigenvalue weighted by Gasteiger charge is -2.11. The Labute approximate surface area is 194 Å². The molecular formula is C29H27N3O. The fraction of sp³-hybridized carbons (Fsp3) is 0.172. The normalized spacial score (nSPS) is 11.2. The van der Waals surface area contributed by atoms with Crippen LogP contribution in [0.4, 0.5) is 5.82 Å². The second-order valence-corrected chi connectivity index (χ2v) is 8.62. The molecule has 0 unspecified atom stereocenters. The van der Waals surface area contributed by atoms with Crippen molar-refractivity contribution in [3.63, 3.8) is 0 Å². The number of nitrogen functional groups attached to an aromatic ring is 1. The maximum Gasteiger partial charge on any atom is 0.150 e. The first-order chi connectivity index (χ1) is 16.1. The Morgan fingerprint density at radius 3 is 2.48 bits per heavy atom. The van der Waals surface area contributed by atoms with Crippen LogP contribution in [0, 0.1) is 13.8 Å². The highest BCUT2D eigenvalue weighted by molar-refractivity contribution is 6.08. The summed E-state index contributed by atoms with van der Waals surface area (Å²) >= 11 is 0. The number of anilines is 1. The number of ether oxygens (including phenoxy) is 1. The number of aryl methyl sites for hydroxylation is 4. The fourth-order valence-corrected chi connectivity index (χ4v) is 4.26. The number of pyridine rings is 2. The summed E-state index contributed by atoms with van der Waals surface area (Å²) in [6, 6.07) is 25.1. The zero-order chi connectivity index (χ0) is 22.8. The summed E-state index contributed by atoms with van der Waals surface area (Å²) in [5.41, 5.74) is 14.0. The Balaban J connectivity index is 1.33. The molecule has 0 fully saturated rings.